The van der Waals surface area contributed by atoms with Crippen molar-refractivity contribution in [3.8, 4) is 0 Å². The lowest BCUT2D eigenvalue weighted by Crippen LogP contribution is -2.04. The van der Waals surface area contributed by atoms with Gasteiger partial charge < -0.3 is 0 Å². The first kappa shape index (κ1) is 11.4. The van der Waals surface area contributed by atoms with Gasteiger partial charge in [-0.05, 0) is 46.6 Å². The predicted molar refractivity (Wildman–Crippen MR) is 59.2 cm³/mol. The second-order valence-corrected chi connectivity index (χ2v) is 4.30. The molecule has 1 heterocycles. The minimum atomic E-state index is -4.33. The molecule has 5 heteroatoms. The molecule has 0 N–H and O–H groups in total. The Hall–Kier alpha value is -1.10. The number of aromatic nitrogens is 1. The SMILES string of the molecule is Cc1cc(Br)nc2cc(C(F)(F)F)ccc12. The summed E-state index contributed by atoms with van der Waals surface area (Å²) in [6.07, 6.45) is -4.33. The molecular weight excluding hydrogens is 283 g/mol. The van der Waals surface area contributed by atoms with Crippen LogP contribution in [0.4, 0.5) is 13.2 Å². The molecule has 1 aromatic heterocycles. The third-order valence-electron chi connectivity index (χ3n) is 2.31. The quantitative estimate of drug-likeness (QED) is 0.658. The van der Waals surface area contributed by atoms with Crippen LogP contribution in [0.15, 0.2) is 28.9 Å². The lowest BCUT2D eigenvalue weighted by molar-refractivity contribution is -0.137. The Morgan fingerprint density at radius 1 is 1.19 bits per heavy atom. The molecule has 0 spiro atoms. The molecule has 0 bridgehead atoms. The van der Waals surface area contributed by atoms with E-state index in [1.165, 1.54) is 6.07 Å². The van der Waals surface area contributed by atoms with Crippen molar-refractivity contribution >= 4 is 26.8 Å². The second-order valence-electron chi connectivity index (χ2n) is 3.49. The summed E-state index contributed by atoms with van der Waals surface area (Å²) in [5, 5.41) is 0.733. The van der Waals surface area contributed by atoms with E-state index in [1.807, 2.05) is 6.92 Å². The van der Waals surface area contributed by atoms with Crippen molar-refractivity contribution in [3.63, 3.8) is 0 Å². The molecule has 16 heavy (non-hydrogen) atoms. The van der Waals surface area contributed by atoms with E-state index in [0.29, 0.717) is 10.1 Å². The van der Waals surface area contributed by atoms with Crippen LogP contribution < -0.4 is 0 Å². The summed E-state index contributed by atoms with van der Waals surface area (Å²) in [6.45, 7) is 1.84. The molecule has 1 aromatic carbocycles. The Morgan fingerprint density at radius 2 is 1.88 bits per heavy atom. The molecule has 0 amide bonds. The molecule has 0 unspecified atom stereocenters. The highest BCUT2D eigenvalue weighted by atomic mass is 79.9. The fourth-order valence-corrected chi connectivity index (χ4v) is 2.07. The highest BCUT2D eigenvalue weighted by Crippen LogP contribution is 2.32. The van der Waals surface area contributed by atoms with Crippen LogP contribution >= 0.6 is 15.9 Å². The van der Waals surface area contributed by atoms with Crippen molar-refractivity contribution in [1.82, 2.24) is 4.98 Å². The van der Waals surface area contributed by atoms with Gasteiger partial charge in [-0.3, -0.25) is 0 Å². The van der Waals surface area contributed by atoms with Gasteiger partial charge in [0.25, 0.3) is 0 Å². The maximum absolute atomic E-state index is 12.5. The van der Waals surface area contributed by atoms with Gasteiger partial charge in [0.15, 0.2) is 0 Å². The monoisotopic (exact) mass is 289 g/mol. The molecule has 0 saturated heterocycles. The lowest BCUT2D eigenvalue weighted by atomic mass is 10.1. The largest absolute Gasteiger partial charge is 0.416 e. The van der Waals surface area contributed by atoms with E-state index in [2.05, 4.69) is 20.9 Å². The minimum Gasteiger partial charge on any atom is -0.241 e. The highest BCUT2D eigenvalue weighted by molar-refractivity contribution is 9.10. The standard InChI is InChI=1S/C11H7BrF3N/c1-6-4-10(12)16-9-5-7(11(13,14)15)2-3-8(6)9/h2-5H,1H3. The summed E-state index contributed by atoms with van der Waals surface area (Å²) in [7, 11) is 0. The first-order valence-electron chi connectivity index (χ1n) is 4.52. The Balaban J connectivity index is 2.71. The topological polar surface area (TPSA) is 12.9 Å². The summed E-state index contributed by atoms with van der Waals surface area (Å²) in [6, 6.07) is 5.36. The van der Waals surface area contributed by atoms with Crippen LogP contribution in [-0.4, -0.2) is 4.98 Å². The van der Waals surface area contributed by atoms with Gasteiger partial charge in [-0.25, -0.2) is 4.98 Å². The summed E-state index contributed by atoms with van der Waals surface area (Å²) in [5.74, 6) is 0. The molecule has 0 fully saturated rings. The fraction of sp³-hybridized carbons (Fsp3) is 0.182. The van der Waals surface area contributed by atoms with Gasteiger partial charge in [0.2, 0.25) is 0 Å². The Labute approximate surface area is 98.4 Å². The number of nitrogens with zero attached hydrogens (tertiary/aromatic N) is 1. The summed E-state index contributed by atoms with van der Waals surface area (Å²) < 4.78 is 38.0. The molecule has 1 nitrogen and oxygen atoms in total. The van der Waals surface area contributed by atoms with Crippen LogP contribution in [0.2, 0.25) is 0 Å². The van der Waals surface area contributed by atoms with Crippen molar-refractivity contribution in [2.24, 2.45) is 0 Å². The van der Waals surface area contributed by atoms with Crippen LogP contribution in [0.1, 0.15) is 11.1 Å². The van der Waals surface area contributed by atoms with E-state index < -0.39 is 11.7 Å². The minimum absolute atomic E-state index is 0.349. The lowest BCUT2D eigenvalue weighted by Gasteiger charge is -2.08. The van der Waals surface area contributed by atoms with Gasteiger partial charge in [0.1, 0.15) is 4.60 Å². The van der Waals surface area contributed by atoms with E-state index in [-0.39, 0.29) is 0 Å². The van der Waals surface area contributed by atoms with Gasteiger partial charge >= 0.3 is 6.18 Å². The maximum Gasteiger partial charge on any atom is 0.416 e. The zero-order valence-electron chi connectivity index (χ0n) is 8.27. The van der Waals surface area contributed by atoms with Crippen LogP contribution in [0.25, 0.3) is 10.9 Å². The zero-order chi connectivity index (χ0) is 11.9. The van der Waals surface area contributed by atoms with Gasteiger partial charge in [0, 0.05) is 5.39 Å². The molecule has 0 atom stereocenters. The number of rotatable bonds is 0. The molecule has 2 rings (SSSR count). The Morgan fingerprint density at radius 3 is 2.50 bits per heavy atom. The molecule has 0 radical (unpaired) electrons. The second kappa shape index (κ2) is 3.73. The molecule has 0 aliphatic carbocycles. The molecule has 0 aliphatic rings. The fourth-order valence-electron chi connectivity index (χ4n) is 1.54. The van der Waals surface area contributed by atoms with Crippen LogP contribution in [0.5, 0.6) is 0 Å². The molecular formula is C11H7BrF3N. The van der Waals surface area contributed by atoms with Crippen molar-refractivity contribution in [3.05, 3.63) is 40.0 Å². The first-order valence-corrected chi connectivity index (χ1v) is 5.31. The number of fused-ring (bicyclic) bond motifs is 1. The number of pyridine rings is 1. The Kier molecular flexibility index (Phi) is 2.66. The number of benzene rings is 1. The van der Waals surface area contributed by atoms with Crippen LogP contribution in [0.3, 0.4) is 0 Å². The van der Waals surface area contributed by atoms with E-state index in [4.69, 9.17) is 0 Å². The maximum atomic E-state index is 12.5. The van der Waals surface area contributed by atoms with Crippen molar-refractivity contribution in [2.45, 2.75) is 13.1 Å². The smallest absolute Gasteiger partial charge is 0.241 e. The molecule has 84 valence electrons. The van der Waals surface area contributed by atoms with Crippen molar-refractivity contribution in [1.29, 1.82) is 0 Å². The van der Waals surface area contributed by atoms with Crippen LogP contribution in [-0.2, 0) is 6.18 Å². The third kappa shape index (κ3) is 2.04. The number of aryl methyl sites for hydroxylation is 1. The zero-order valence-corrected chi connectivity index (χ0v) is 9.85. The normalized spacial score (nSPS) is 12.1. The average Bonchev–Trinajstić information content (AvgIpc) is 2.15. The summed E-state index contributed by atoms with van der Waals surface area (Å²) in [5.41, 5.74) is 0.567. The highest BCUT2D eigenvalue weighted by Gasteiger charge is 2.30. The molecule has 0 aliphatic heterocycles. The van der Waals surface area contributed by atoms with E-state index >= 15 is 0 Å². The number of alkyl halides is 3. The summed E-state index contributed by atoms with van der Waals surface area (Å²) in [4.78, 5) is 4.03. The summed E-state index contributed by atoms with van der Waals surface area (Å²) >= 11 is 3.17. The van der Waals surface area contributed by atoms with Crippen LogP contribution in [0, 0.1) is 6.92 Å². The van der Waals surface area contributed by atoms with Gasteiger partial charge in [-0.2, -0.15) is 13.2 Å². The van der Waals surface area contributed by atoms with E-state index in [9.17, 15) is 13.2 Å². The number of hydrogen-bond donors (Lipinski definition) is 0. The molecule has 2 aromatic rings. The van der Waals surface area contributed by atoms with Crippen molar-refractivity contribution < 1.29 is 13.2 Å². The van der Waals surface area contributed by atoms with Crippen molar-refractivity contribution in [2.75, 3.05) is 0 Å². The number of hydrogen-bond acceptors (Lipinski definition) is 1. The average molecular weight is 290 g/mol. The van der Waals surface area contributed by atoms with Gasteiger partial charge in [0.05, 0.1) is 11.1 Å². The Bertz CT molecular complexity index is 549. The molecule has 0 saturated carbocycles. The first-order chi connectivity index (χ1) is 7.38. The van der Waals surface area contributed by atoms with E-state index in [0.717, 1.165) is 23.1 Å². The van der Waals surface area contributed by atoms with Gasteiger partial charge in [-0.1, -0.05) is 6.07 Å². The van der Waals surface area contributed by atoms with Gasteiger partial charge in [-0.15, -0.1) is 0 Å². The van der Waals surface area contributed by atoms with E-state index in [1.54, 1.807) is 6.07 Å². The number of halogens is 4. The predicted octanol–water partition coefficient (Wildman–Crippen LogP) is 4.32. The third-order valence-corrected chi connectivity index (χ3v) is 2.72.